The molecule has 1 unspecified atom stereocenters. The Balaban J connectivity index is 2.72. The third-order valence-corrected chi connectivity index (χ3v) is 3.74. The molecule has 1 rings (SSSR count). The topological polar surface area (TPSA) is 0 Å². The van der Waals surface area contributed by atoms with E-state index in [-0.39, 0.29) is 0 Å². The Morgan fingerprint density at radius 1 is 1.27 bits per heavy atom. The van der Waals surface area contributed by atoms with Gasteiger partial charge in [0.2, 0.25) is 0 Å². The molecular weight excluding hydrogens is 180 g/mol. The van der Waals surface area contributed by atoms with E-state index < -0.39 is 0 Å². The minimum absolute atomic E-state index is 0.829. The first-order chi connectivity index (χ1) is 7.15. The van der Waals surface area contributed by atoms with E-state index in [1.54, 1.807) is 11.1 Å². The lowest BCUT2D eigenvalue weighted by atomic mass is 9.87. The van der Waals surface area contributed by atoms with Crippen molar-refractivity contribution in [2.75, 3.05) is 0 Å². The third-order valence-electron chi connectivity index (χ3n) is 3.74. The van der Waals surface area contributed by atoms with Crippen LogP contribution >= 0.6 is 0 Å². The first-order valence-electron chi connectivity index (χ1n) is 6.83. The summed E-state index contributed by atoms with van der Waals surface area (Å²) < 4.78 is 0. The van der Waals surface area contributed by atoms with Gasteiger partial charge in [-0.3, -0.25) is 0 Å². The molecule has 0 bridgehead atoms. The quantitative estimate of drug-likeness (QED) is 0.547. The standard InChI is InChI=1S/C15H28/c1-5-8-14-9-6-7-10-15(13(14)4)11-12(2)3/h12,14H,5-11H2,1-4H3. The molecule has 0 saturated heterocycles. The van der Waals surface area contributed by atoms with Crippen LogP contribution in [0.5, 0.6) is 0 Å². The van der Waals surface area contributed by atoms with Crippen LogP contribution in [0, 0.1) is 11.8 Å². The predicted molar refractivity (Wildman–Crippen MR) is 69.0 cm³/mol. The van der Waals surface area contributed by atoms with E-state index >= 15 is 0 Å². The Kier molecular flexibility index (Phi) is 5.42. The Morgan fingerprint density at radius 3 is 2.60 bits per heavy atom. The van der Waals surface area contributed by atoms with E-state index in [9.17, 15) is 0 Å². The molecule has 1 aliphatic carbocycles. The SMILES string of the molecule is CCCC1CCCCC(CC(C)C)=C1C. The van der Waals surface area contributed by atoms with Gasteiger partial charge in [-0.2, -0.15) is 0 Å². The summed E-state index contributed by atoms with van der Waals surface area (Å²) in [7, 11) is 0. The molecular formula is C15H28. The summed E-state index contributed by atoms with van der Waals surface area (Å²) in [5.41, 5.74) is 3.55. The van der Waals surface area contributed by atoms with Crippen molar-refractivity contribution in [1.29, 1.82) is 0 Å². The summed E-state index contributed by atoms with van der Waals surface area (Å²) in [4.78, 5) is 0. The Morgan fingerprint density at radius 2 is 2.00 bits per heavy atom. The molecule has 0 nitrogen and oxygen atoms in total. The molecule has 88 valence electrons. The van der Waals surface area contributed by atoms with Crippen molar-refractivity contribution in [2.45, 2.75) is 72.6 Å². The summed E-state index contributed by atoms with van der Waals surface area (Å²) >= 11 is 0. The number of allylic oxidation sites excluding steroid dienone is 2. The molecule has 0 heterocycles. The second-order valence-electron chi connectivity index (χ2n) is 5.62. The highest BCUT2D eigenvalue weighted by Crippen LogP contribution is 2.34. The Labute approximate surface area is 96.2 Å². The smallest absolute Gasteiger partial charge is 0.0203 e. The predicted octanol–water partition coefficient (Wildman–Crippen LogP) is 5.34. The zero-order valence-electron chi connectivity index (χ0n) is 11.1. The summed E-state index contributed by atoms with van der Waals surface area (Å²) in [5, 5.41) is 0. The third kappa shape index (κ3) is 4.01. The Hall–Kier alpha value is -0.260. The maximum Gasteiger partial charge on any atom is -0.0203 e. The van der Waals surface area contributed by atoms with Crippen LogP contribution in [0.3, 0.4) is 0 Å². The van der Waals surface area contributed by atoms with E-state index in [1.165, 1.54) is 44.9 Å². The van der Waals surface area contributed by atoms with Gasteiger partial charge in [-0.15, -0.1) is 0 Å². The van der Waals surface area contributed by atoms with Gasteiger partial charge < -0.3 is 0 Å². The molecule has 0 N–H and O–H groups in total. The molecule has 0 aliphatic heterocycles. The van der Waals surface area contributed by atoms with Gasteiger partial charge in [-0.05, 0) is 50.9 Å². The van der Waals surface area contributed by atoms with Gasteiger partial charge in [-0.1, -0.05) is 44.8 Å². The highest BCUT2D eigenvalue weighted by molar-refractivity contribution is 5.17. The second-order valence-corrected chi connectivity index (χ2v) is 5.62. The average molecular weight is 208 g/mol. The van der Waals surface area contributed by atoms with E-state index in [0.717, 1.165) is 11.8 Å². The zero-order valence-corrected chi connectivity index (χ0v) is 11.1. The summed E-state index contributed by atoms with van der Waals surface area (Å²) in [6, 6.07) is 0. The highest BCUT2D eigenvalue weighted by Gasteiger charge is 2.17. The monoisotopic (exact) mass is 208 g/mol. The first kappa shape index (κ1) is 12.8. The van der Waals surface area contributed by atoms with Crippen molar-refractivity contribution in [2.24, 2.45) is 11.8 Å². The highest BCUT2D eigenvalue weighted by atomic mass is 14.2. The Bertz CT molecular complexity index is 210. The largest absolute Gasteiger partial charge is 0.0710 e. The molecule has 0 radical (unpaired) electrons. The normalized spacial score (nSPS) is 23.4. The van der Waals surface area contributed by atoms with Crippen molar-refractivity contribution in [1.82, 2.24) is 0 Å². The van der Waals surface area contributed by atoms with Gasteiger partial charge in [0.15, 0.2) is 0 Å². The van der Waals surface area contributed by atoms with Crippen LogP contribution in [0.4, 0.5) is 0 Å². The van der Waals surface area contributed by atoms with Gasteiger partial charge in [-0.25, -0.2) is 0 Å². The fourth-order valence-corrected chi connectivity index (χ4v) is 2.90. The van der Waals surface area contributed by atoms with Crippen molar-refractivity contribution in [3.05, 3.63) is 11.1 Å². The lowest BCUT2D eigenvalue weighted by molar-refractivity contribution is 0.496. The molecule has 0 amide bonds. The van der Waals surface area contributed by atoms with Gasteiger partial charge in [0, 0.05) is 0 Å². The van der Waals surface area contributed by atoms with Gasteiger partial charge in [0.25, 0.3) is 0 Å². The fourth-order valence-electron chi connectivity index (χ4n) is 2.90. The number of hydrogen-bond acceptors (Lipinski definition) is 0. The van der Waals surface area contributed by atoms with Gasteiger partial charge in [0.05, 0.1) is 0 Å². The molecule has 0 heteroatoms. The van der Waals surface area contributed by atoms with Crippen LogP contribution in [0.1, 0.15) is 72.6 Å². The molecule has 0 spiro atoms. The number of rotatable bonds is 4. The van der Waals surface area contributed by atoms with Gasteiger partial charge >= 0.3 is 0 Å². The lowest BCUT2D eigenvalue weighted by Crippen LogP contribution is -2.03. The minimum Gasteiger partial charge on any atom is -0.0710 e. The van der Waals surface area contributed by atoms with Crippen LogP contribution in [-0.2, 0) is 0 Å². The van der Waals surface area contributed by atoms with Crippen molar-refractivity contribution in [3.8, 4) is 0 Å². The van der Waals surface area contributed by atoms with Gasteiger partial charge in [0.1, 0.15) is 0 Å². The average Bonchev–Trinajstić information content (AvgIpc) is 2.33. The molecule has 0 aromatic rings. The lowest BCUT2D eigenvalue weighted by Gasteiger charge is -2.19. The summed E-state index contributed by atoms with van der Waals surface area (Å²) in [6.45, 7) is 9.42. The maximum absolute atomic E-state index is 2.41. The molecule has 1 aliphatic rings. The number of hydrogen-bond donors (Lipinski definition) is 0. The van der Waals surface area contributed by atoms with E-state index in [0.29, 0.717) is 0 Å². The summed E-state index contributed by atoms with van der Waals surface area (Å²) in [6.07, 6.45) is 9.80. The van der Waals surface area contributed by atoms with Crippen LogP contribution < -0.4 is 0 Å². The van der Waals surface area contributed by atoms with Crippen molar-refractivity contribution >= 4 is 0 Å². The van der Waals surface area contributed by atoms with E-state index in [2.05, 4.69) is 27.7 Å². The molecule has 0 aromatic carbocycles. The molecule has 1 atom stereocenters. The molecule has 15 heavy (non-hydrogen) atoms. The van der Waals surface area contributed by atoms with Crippen LogP contribution in [-0.4, -0.2) is 0 Å². The second kappa shape index (κ2) is 6.35. The minimum atomic E-state index is 0.829. The molecule has 0 fully saturated rings. The fraction of sp³-hybridized carbons (Fsp3) is 0.867. The maximum atomic E-state index is 2.41. The van der Waals surface area contributed by atoms with Crippen LogP contribution in [0.15, 0.2) is 11.1 Å². The van der Waals surface area contributed by atoms with E-state index in [1.807, 2.05) is 0 Å². The van der Waals surface area contributed by atoms with Crippen LogP contribution in [0.25, 0.3) is 0 Å². The first-order valence-corrected chi connectivity index (χ1v) is 6.83. The van der Waals surface area contributed by atoms with Crippen molar-refractivity contribution in [3.63, 3.8) is 0 Å². The summed E-state index contributed by atoms with van der Waals surface area (Å²) in [5.74, 6) is 1.74. The van der Waals surface area contributed by atoms with E-state index in [4.69, 9.17) is 0 Å². The zero-order chi connectivity index (χ0) is 11.3. The van der Waals surface area contributed by atoms with Crippen LogP contribution in [0.2, 0.25) is 0 Å². The van der Waals surface area contributed by atoms with Crippen molar-refractivity contribution < 1.29 is 0 Å². The molecule has 0 saturated carbocycles. The molecule has 0 aromatic heterocycles.